The van der Waals surface area contributed by atoms with Gasteiger partial charge in [0.1, 0.15) is 0 Å². The van der Waals surface area contributed by atoms with Crippen molar-refractivity contribution in [1.82, 2.24) is 13.7 Å². The van der Waals surface area contributed by atoms with Crippen molar-refractivity contribution in [3.8, 4) is 17.1 Å². The van der Waals surface area contributed by atoms with E-state index in [1.807, 2.05) is 51.2 Å². The lowest BCUT2D eigenvalue weighted by molar-refractivity contribution is -0.138. The van der Waals surface area contributed by atoms with Crippen molar-refractivity contribution in [2.75, 3.05) is 0 Å². The molecular formula is C34H31ClF6N6S3. The molecule has 0 amide bonds. The van der Waals surface area contributed by atoms with Crippen LogP contribution in [0.3, 0.4) is 0 Å². The number of aromatic nitrogens is 3. The van der Waals surface area contributed by atoms with Crippen molar-refractivity contribution >= 4 is 45.6 Å². The number of halogens is 7. The SMILES string of the molecule is CCc1cn(-c2cccc(C(F)(F)F)c2)c(=N)s1.Cc1cn(-c2ccccc2Cl)c(=N)s1.Cc1sc(=N)n(-c2cccc(C(F)(F)F)c2)c1C. The molecule has 6 rings (SSSR count). The topological polar surface area (TPSA) is 86.3 Å². The van der Waals surface area contributed by atoms with Crippen LogP contribution in [0, 0.1) is 37.0 Å². The molecule has 0 bridgehead atoms. The molecule has 50 heavy (non-hydrogen) atoms. The van der Waals surface area contributed by atoms with E-state index >= 15 is 0 Å². The summed E-state index contributed by atoms with van der Waals surface area (Å²) in [6.07, 6.45) is -4.32. The summed E-state index contributed by atoms with van der Waals surface area (Å²) in [4.78, 5) is 3.95. The molecule has 3 N–H and O–H groups in total. The summed E-state index contributed by atoms with van der Waals surface area (Å²) in [5, 5.41) is 24.0. The number of nitrogens with zero attached hydrogens (tertiary/aromatic N) is 3. The Morgan fingerprint density at radius 2 is 1.22 bits per heavy atom. The van der Waals surface area contributed by atoms with Crippen molar-refractivity contribution in [2.24, 2.45) is 0 Å². The monoisotopic (exact) mass is 768 g/mol. The largest absolute Gasteiger partial charge is 0.416 e. The van der Waals surface area contributed by atoms with Gasteiger partial charge in [-0.1, -0.05) is 42.8 Å². The molecule has 0 saturated carbocycles. The van der Waals surface area contributed by atoms with Crippen molar-refractivity contribution in [3.63, 3.8) is 0 Å². The molecule has 0 radical (unpaired) electrons. The Kier molecular flexibility index (Phi) is 12.2. The third-order valence-corrected chi connectivity index (χ3v) is 10.3. The molecule has 6 nitrogen and oxygen atoms in total. The summed E-state index contributed by atoms with van der Waals surface area (Å²) in [6.45, 7) is 7.57. The van der Waals surface area contributed by atoms with Gasteiger partial charge in [-0.15, -0.1) is 34.0 Å². The van der Waals surface area contributed by atoms with E-state index in [4.69, 9.17) is 27.8 Å². The van der Waals surface area contributed by atoms with E-state index in [9.17, 15) is 26.3 Å². The molecule has 0 fully saturated rings. The molecule has 6 aromatic rings. The molecule has 16 heteroatoms. The standard InChI is InChI=1S/2C12H11F3N2S.C10H9ClN2S/c1-7-8(2)18-11(16)17(7)10-5-3-4-9(6-10)12(13,14)15;1-2-10-7-17(11(16)18-10)9-5-3-4-8(6-9)12(13,14)15;1-7-6-13(10(12)14-7)9-5-3-2-4-8(9)11/h3-6,16H,1-2H3;3-7,16H,2H2,1H3;2-6,12H,1H3. The van der Waals surface area contributed by atoms with E-state index in [1.54, 1.807) is 29.8 Å². The van der Waals surface area contributed by atoms with Gasteiger partial charge < -0.3 is 0 Å². The highest BCUT2D eigenvalue weighted by molar-refractivity contribution is 7.09. The van der Waals surface area contributed by atoms with Gasteiger partial charge in [0.05, 0.1) is 21.8 Å². The maximum atomic E-state index is 12.6. The minimum Gasteiger partial charge on any atom is -0.293 e. The predicted molar refractivity (Wildman–Crippen MR) is 187 cm³/mol. The average molecular weight is 769 g/mol. The quantitative estimate of drug-likeness (QED) is 0.149. The second kappa shape index (κ2) is 15.8. The van der Waals surface area contributed by atoms with Crippen LogP contribution in [0.4, 0.5) is 26.3 Å². The van der Waals surface area contributed by atoms with Crippen molar-refractivity contribution in [1.29, 1.82) is 16.2 Å². The van der Waals surface area contributed by atoms with Gasteiger partial charge >= 0.3 is 12.4 Å². The normalized spacial score (nSPS) is 11.4. The van der Waals surface area contributed by atoms with Gasteiger partial charge in [0.25, 0.3) is 0 Å². The van der Waals surface area contributed by atoms with Crippen molar-refractivity contribution < 1.29 is 26.3 Å². The van der Waals surface area contributed by atoms with E-state index in [0.717, 1.165) is 56.7 Å². The predicted octanol–water partition coefficient (Wildman–Crippen LogP) is 10.2. The van der Waals surface area contributed by atoms with Gasteiger partial charge in [0, 0.05) is 44.1 Å². The lowest BCUT2D eigenvalue weighted by Gasteiger charge is -2.10. The zero-order chi connectivity index (χ0) is 37.0. The number of rotatable bonds is 4. The van der Waals surface area contributed by atoms with E-state index < -0.39 is 23.5 Å². The number of thiazole rings is 3. The smallest absolute Gasteiger partial charge is 0.293 e. The molecule has 3 aromatic carbocycles. The molecule has 0 aliphatic rings. The highest BCUT2D eigenvalue weighted by atomic mass is 35.5. The number of benzene rings is 3. The molecule has 0 unspecified atom stereocenters. The Morgan fingerprint density at radius 1 is 0.660 bits per heavy atom. The lowest BCUT2D eigenvalue weighted by Crippen LogP contribution is -2.14. The molecule has 3 heterocycles. The van der Waals surface area contributed by atoms with Gasteiger partial charge in [-0.2, -0.15) is 26.3 Å². The van der Waals surface area contributed by atoms with E-state index in [1.165, 1.54) is 55.3 Å². The maximum absolute atomic E-state index is 12.6. The van der Waals surface area contributed by atoms with Crippen LogP contribution in [0.2, 0.25) is 5.02 Å². The summed E-state index contributed by atoms with van der Waals surface area (Å²) in [5.41, 5.74) is 1.00. The molecule has 0 atom stereocenters. The fourth-order valence-corrected chi connectivity index (χ4v) is 7.20. The molecule has 0 aliphatic carbocycles. The van der Waals surface area contributed by atoms with Crippen molar-refractivity contribution in [3.05, 3.63) is 136 Å². The van der Waals surface area contributed by atoms with Crippen LogP contribution in [0.25, 0.3) is 17.1 Å². The summed E-state index contributed by atoms with van der Waals surface area (Å²) in [6, 6.07) is 17.6. The number of hydrogen-bond donors (Lipinski definition) is 3. The van der Waals surface area contributed by atoms with Crippen LogP contribution in [-0.2, 0) is 18.8 Å². The first-order valence-electron chi connectivity index (χ1n) is 14.7. The number of aryl methyl sites for hydroxylation is 3. The first kappa shape index (κ1) is 38.6. The molecular weight excluding hydrogens is 738 g/mol. The minimum absolute atomic E-state index is 0.226. The molecule has 3 aromatic heterocycles. The second-order valence-corrected chi connectivity index (χ2v) is 14.6. The van der Waals surface area contributed by atoms with Gasteiger partial charge in [-0.25, -0.2) is 0 Å². The van der Waals surface area contributed by atoms with Crippen LogP contribution in [-0.4, -0.2) is 13.7 Å². The molecule has 0 saturated heterocycles. The average Bonchev–Trinajstić information content (AvgIpc) is 3.69. The third kappa shape index (κ3) is 9.33. The lowest BCUT2D eigenvalue weighted by atomic mass is 10.2. The number of alkyl halides is 6. The summed E-state index contributed by atoms with van der Waals surface area (Å²) in [7, 11) is 0. The molecule has 264 valence electrons. The Hall–Kier alpha value is -4.18. The van der Waals surface area contributed by atoms with Gasteiger partial charge in [0.2, 0.25) is 0 Å². The second-order valence-electron chi connectivity index (χ2n) is 10.7. The highest BCUT2D eigenvalue weighted by Gasteiger charge is 2.31. The summed E-state index contributed by atoms with van der Waals surface area (Å²) < 4.78 is 80.5. The van der Waals surface area contributed by atoms with E-state index in [2.05, 4.69) is 0 Å². The van der Waals surface area contributed by atoms with Gasteiger partial charge in [-0.05, 0) is 75.7 Å². The third-order valence-electron chi connectivity index (χ3n) is 7.15. The minimum atomic E-state index is -4.36. The summed E-state index contributed by atoms with van der Waals surface area (Å²) >= 11 is 10.0. The van der Waals surface area contributed by atoms with Crippen LogP contribution < -0.4 is 14.4 Å². The van der Waals surface area contributed by atoms with Crippen LogP contribution in [0.15, 0.2) is 85.2 Å². The Balaban J connectivity index is 0.000000170. The molecule has 0 spiro atoms. The fourth-order valence-electron chi connectivity index (χ4n) is 4.59. The fraction of sp³-hybridized carbons (Fsp3) is 0.206. The first-order chi connectivity index (χ1) is 23.4. The Morgan fingerprint density at radius 3 is 1.70 bits per heavy atom. The van der Waals surface area contributed by atoms with Gasteiger partial charge in [-0.3, -0.25) is 29.9 Å². The highest BCUT2D eigenvalue weighted by Crippen LogP contribution is 2.31. The van der Waals surface area contributed by atoms with Crippen LogP contribution in [0.1, 0.15) is 38.4 Å². The Labute approximate surface area is 300 Å². The number of nitrogens with one attached hydrogen (secondary N) is 3. The summed E-state index contributed by atoms with van der Waals surface area (Å²) in [5.74, 6) is 0. The first-order valence-corrected chi connectivity index (χ1v) is 17.6. The maximum Gasteiger partial charge on any atom is 0.416 e. The van der Waals surface area contributed by atoms with E-state index in [0.29, 0.717) is 21.2 Å². The van der Waals surface area contributed by atoms with Gasteiger partial charge in [0.15, 0.2) is 14.4 Å². The van der Waals surface area contributed by atoms with Crippen LogP contribution in [0.5, 0.6) is 0 Å². The number of para-hydroxylation sites is 1. The number of hydrogen-bond acceptors (Lipinski definition) is 6. The van der Waals surface area contributed by atoms with E-state index in [-0.39, 0.29) is 9.60 Å². The molecule has 0 aliphatic heterocycles. The zero-order valence-corrected chi connectivity index (χ0v) is 30.2. The zero-order valence-electron chi connectivity index (χ0n) is 27.0. The van der Waals surface area contributed by atoms with Crippen molar-refractivity contribution in [2.45, 2.75) is 46.5 Å². The van der Waals surface area contributed by atoms with Crippen LogP contribution >= 0.6 is 45.6 Å². The Bertz CT molecular complexity index is 2270.